The van der Waals surface area contributed by atoms with Crippen molar-refractivity contribution in [2.45, 2.75) is 19.4 Å². The molecule has 0 aliphatic rings. The van der Waals surface area contributed by atoms with Crippen LogP contribution in [0.25, 0.3) is 10.9 Å². The highest BCUT2D eigenvalue weighted by molar-refractivity contribution is 6.01. The lowest BCUT2D eigenvalue weighted by molar-refractivity contribution is -0.109. The summed E-state index contributed by atoms with van der Waals surface area (Å²) >= 11 is 0. The highest BCUT2D eigenvalue weighted by Crippen LogP contribution is 2.29. The Morgan fingerprint density at radius 3 is 2.79 bits per heavy atom. The molecule has 3 rings (SSSR count). The van der Waals surface area contributed by atoms with E-state index < -0.39 is 11.9 Å². The van der Waals surface area contributed by atoms with Gasteiger partial charge in [0.2, 0.25) is 11.8 Å². The van der Waals surface area contributed by atoms with Gasteiger partial charge in [-0.05, 0) is 30.7 Å². The van der Waals surface area contributed by atoms with Crippen molar-refractivity contribution in [2.75, 3.05) is 17.4 Å². The van der Waals surface area contributed by atoms with Crippen molar-refractivity contribution < 1.29 is 14.3 Å². The first kappa shape index (κ1) is 20.0. The van der Waals surface area contributed by atoms with E-state index in [1.54, 1.807) is 19.2 Å². The number of hydrogen-bond donors (Lipinski definition) is 3. The van der Waals surface area contributed by atoms with Crippen LogP contribution >= 0.6 is 0 Å². The predicted molar refractivity (Wildman–Crippen MR) is 109 cm³/mol. The lowest BCUT2D eigenvalue weighted by Gasteiger charge is -2.23. The van der Waals surface area contributed by atoms with Crippen molar-refractivity contribution in [1.82, 2.24) is 15.0 Å². The molecule has 0 spiro atoms. The quantitative estimate of drug-likeness (QED) is 0.293. The Morgan fingerprint density at radius 2 is 2.14 bits per heavy atom. The number of hydrogen-bond acceptors (Lipinski definition) is 9. The number of rotatable bonds is 8. The number of nitrogens with zero attached hydrogens (tertiary/aromatic N) is 4. The summed E-state index contributed by atoms with van der Waals surface area (Å²) in [4.78, 5) is 36.1. The summed E-state index contributed by atoms with van der Waals surface area (Å²) in [6.45, 7) is 1.80. The second kappa shape index (κ2) is 8.48. The van der Waals surface area contributed by atoms with E-state index in [-0.39, 0.29) is 23.2 Å². The number of hydrazine groups is 1. The first-order chi connectivity index (χ1) is 14.0. The number of methoxy groups -OCH3 is 1. The summed E-state index contributed by atoms with van der Waals surface area (Å²) < 4.78 is 5.22. The Hall–Kier alpha value is -3.79. The van der Waals surface area contributed by atoms with Crippen LogP contribution < -0.4 is 26.6 Å². The van der Waals surface area contributed by atoms with Crippen LogP contribution in [0.5, 0.6) is 5.88 Å². The third-order valence-corrected chi connectivity index (χ3v) is 4.33. The van der Waals surface area contributed by atoms with Gasteiger partial charge in [0.25, 0.3) is 5.91 Å². The van der Waals surface area contributed by atoms with Crippen LogP contribution in [0.15, 0.2) is 36.5 Å². The monoisotopic (exact) mass is 395 g/mol. The SMILES string of the molecule is CC[C@H](C=O)N(N)c1nc(Nc2ccc3ncccc3c2)c(C(N)=O)c(OC)n1. The molecule has 0 saturated carbocycles. The second-order valence-electron chi connectivity index (χ2n) is 6.18. The fourth-order valence-corrected chi connectivity index (χ4v) is 2.80. The largest absolute Gasteiger partial charge is 0.480 e. The molecule has 2 aromatic heterocycles. The summed E-state index contributed by atoms with van der Waals surface area (Å²) in [5.74, 6) is 5.31. The van der Waals surface area contributed by atoms with Gasteiger partial charge >= 0.3 is 0 Å². The molecule has 10 heteroatoms. The maximum atomic E-state index is 12.0. The highest BCUT2D eigenvalue weighted by atomic mass is 16.5. The van der Waals surface area contributed by atoms with Gasteiger partial charge < -0.3 is 20.6 Å². The molecule has 0 fully saturated rings. The number of pyridine rings is 1. The van der Waals surface area contributed by atoms with Crippen LogP contribution in [0.4, 0.5) is 17.5 Å². The zero-order valence-corrected chi connectivity index (χ0v) is 16.0. The molecule has 0 unspecified atom stereocenters. The van der Waals surface area contributed by atoms with E-state index in [1.807, 2.05) is 24.3 Å². The highest BCUT2D eigenvalue weighted by Gasteiger charge is 2.24. The zero-order valence-electron chi connectivity index (χ0n) is 16.0. The van der Waals surface area contributed by atoms with Crippen molar-refractivity contribution in [3.05, 3.63) is 42.1 Å². The van der Waals surface area contributed by atoms with E-state index in [4.69, 9.17) is 16.3 Å². The lowest BCUT2D eigenvalue weighted by Crippen LogP contribution is -2.43. The first-order valence-electron chi connectivity index (χ1n) is 8.85. The van der Waals surface area contributed by atoms with Crippen molar-refractivity contribution >= 4 is 40.5 Å². The molecule has 0 saturated heterocycles. The van der Waals surface area contributed by atoms with E-state index in [0.29, 0.717) is 18.4 Å². The maximum absolute atomic E-state index is 12.0. The molecule has 29 heavy (non-hydrogen) atoms. The van der Waals surface area contributed by atoms with E-state index >= 15 is 0 Å². The minimum atomic E-state index is -0.774. The molecule has 5 N–H and O–H groups in total. The van der Waals surface area contributed by atoms with E-state index in [9.17, 15) is 9.59 Å². The number of amides is 1. The average molecular weight is 395 g/mol. The summed E-state index contributed by atoms with van der Waals surface area (Å²) in [6, 6.07) is 8.56. The molecule has 0 radical (unpaired) electrons. The predicted octanol–water partition coefficient (Wildman–Crippen LogP) is 1.53. The molecule has 3 aromatic rings. The van der Waals surface area contributed by atoms with Gasteiger partial charge in [0.1, 0.15) is 17.9 Å². The van der Waals surface area contributed by atoms with Gasteiger partial charge in [-0.1, -0.05) is 13.0 Å². The van der Waals surface area contributed by atoms with Gasteiger partial charge in [-0.15, -0.1) is 0 Å². The third kappa shape index (κ3) is 4.06. The molecule has 0 aliphatic heterocycles. The Labute approximate surface area is 166 Å². The van der Waals surface area contributed by atoms with Gasteiger partial charge in [0.05, 0.1) is 12.6 Å². The van der Waals surface area contributed by atoms with Crippen LogP contribution in [0.3, 0.4) is 0 Å². The van der Waals surface area contributed by atoms with Crippen LogP contribution in [0.1, 0.15) is 23.7 Å². The van der Waals surface area contributed by atoms with Crippen molar-refractivity contribution in [3.8, 4) is 5.88 Å². The number of ether oxygens (including phenoxy) is 1. The Morgan fingerprint density at radius 1 is 1.34 bits per heavy atom. The molecule has 150 valence electrons. The smallest absolute Gasteiger partial charge is 0.258 e. The normalized spacial score (nSPS) is 11.7. The third-order valence-electron chi connectivity index (χ3n) is 4.33. The number of nitrogens with one attached hydrogen (secondary N) is 1. The summed E-state index contributed by atoms with van der Waals surface area (Å²) in [5.41, 5.74) is 6.95. The van der Waals surface area contributed by atoms with Gasteiger partial charge in [0.15, 0.2) is 5.82 Å². The molecule has 0 bridgehead atoms. The molecule has 2 heterocycles. The number of primary amides is 1. The standard InChI is InChI=1S/C19H21N7O3/c1-3-13(10-27)26(21)19-24-17(15(16(20)28)18(25-19)29-2)23-12-6-7-14-11(9-12)5-4-8-22-14/h4-10,13H,3,21H2,1-2H3,(H2,20,28)(H,23,24,25)/t13-/m1/s1. The molecule has 1 amide bonds. The topological polar surface area (TPSA) is 149 Å². The summed E-state index contributed by atoms with van der Waals surface area (Å²) in [6.07, 6.45) is 2.85. The number of anilines is 3. The maximum Gasteiger partial charge on any atom is 0.258 e. The Balaban J connectivity index is 2.09. The minimum Gasteiger partial charge on any atom is -0.480 e. The number of carbonyl (C=O) groups excluding carboxylic acids is 2. The van der Waals surface area contributed by atoms with Gasteiger partial charge in [0, 0.05) is 17.3 Å². The van der Waals surface area contributed by atoms with E-state index in [1.165, 1.54) is 7.11 Å². The van der Waals surface area contributed by atoms with E-state index in [0.717, 1.165) is 15.9 Å². The van der Waals surface area contributed by atoms with Crippen molar-refractivity contribution in [1.29, 1.82) is 0 Å². The fourth-order valence-electron chi connectivity index (χ4n) is 2.80. The summed E-state index contributed by atoms with van der Waals surface area (Å²) in [5, 5.41) is 5.08. The Bertz CT molecular complexity index is 1060. The molecule has 1 aromatic carbocycles. The number of aromatic nitrogens is 3. The number of nitrogens with two attached hydrogens (primary N) is 2. The molecular formula is C19H21N7O3. The van der Waals surface area contributed by atoms with Crippen LogP contribution in [-0.4, -0.2) is 40.3 Å². The van der Waals surface area contributed by atoms with Crippen LogP contribution in [0.2, 0.25) is 0 Å². The number of aldehydes is 1. The van der Waals surface area contributed by atoms with Crippen molar-refractivity contribution in [3.63, 3.8) is 0 Å². The fraction of sp³-hybridized carbons (Fsp3) is 0.211. The molecule has 10 nitrogen and oxygen atoms in total. The molecule has 1 atom stereocenters. The molecular weight excluding hydrogens is 374 g/mol. The number of benzene rings is 1. The van der Waals surface area contributed by atoms with Crippen molar-refractivity contribution in [2.24, 2.45) is 11.6 Å². The number of carbonyl (C=O) groups is 2. The average Bonchev–Trinajstić information content (AvgIpc) is 2.73. The Kier molecular flexibility index (Phi) is 5.84. The minimum absolute atomic E-state index is 0.00996. The number of fused-ring (bicyclic) bond motifs is 1. The van der Waals surface area contributed by atoms with Gasteiger partial charge in [-0.3, -0.25) is 14.8 Å². The molecule has 0 aliphatic carbocycles. The van der Waals surface area contributed by atoms with Crippen LogP contribution in [0, 0.1) is 0 Å². The summed E-state index contributed by atoms with van der Waals surface area (Å²) in [7, 11) is 1.35. The van der Waals surface area contributed by atoms with E-state index in [2.05, 4.69) is 20.3 Å². The lowest BCUT2D eigenvalue weighted by atomic mass is 10.2. The zero-order chi connectivity index (χ0) is 21.0. The second-order valence-corrected chi connectivity index (χ2v) is 6.18. The van der Waals surface area contributed by atoms with Crippen LogP contribution in [-0.2, 0) is 4.79 Å². The van der Waals surface area contributed by atoms with Gasteiger partial charge in [-0.2, -0.15) is 9.97 Å². The van der Waals surface area contributed by atoms with Gasteiger partial charge in [-0.25, -0.2) is 5.84 Å². The first-order valence-corrected chi connectivity index (χ1v) is 8.85.